The first kappa shape index (κ1) is 17.0. The summed E-state index contributed by atoms with van der Waals surface area (Å²) in [5.41, 5.74) is 0. The Morgan fingerprint density at radius 3 is 2.74 bits per heavy atom. The second-order valence-electron chi connectivity index (χ2n) is 4.56. The van der Waals surface area contributed by atoms with E-state index < -0.39 is 10.0 Å². The lowest BCUT2D eigenvalue weighted by Gasteiger charge is -2.08. The number of rotatable bonds is 10. The molecule has 0 aromatic heterocycles. The zero-order chi connectivity index (χ0) is 14.1. The summed E-state index contributed by atoms with van der Waals surface area (Å²) in [4.78, 5) is 0. The lowest BCUT2D eigenvalue weighted by atomic mass is 10.2. The maximum Gasteiger partial charge on any atom is 0.208 e. The molecule has 0 atom stereocenters. The molecule has 1 N–H and O–H groups in total. The Balaban J connectivity index is 2.05. The molecule has 0 fully saturated rings. The summed E-state index contributed by atoms with van der Waals surface area (Å²) in [6.07, 6.45) is 7.56. The number of halogens is 1. The molecule has 0 radical (unpaired) electrons. The number of nitrogens with zero attached hydrogens (tertiary/aromatic N) is 3. The van der Waals surface area contributed by atoms with Crippen molar-refractivity contribution in [2.24, 2.45) is 8.36 Å². The number of nitrogens with one attached hydrogen (secondary N) is 1. The van der Waals surface area contributed by atoms with Crippen LogP contribution in [-0.2, 0) is 10.0 Å². The molecule has 0 aliphatic carbocycles. The highest BCUT2D eigenvalue weighted by molar-refractivity contribution is 14.2. The molecule has 0 aromatic rings. The standard InChI is InChI=1S/C11H23IN4O2S/c1-3-4-8-11-12-15-16(14-11)10-7-5-6-9-13-19(2,17)18/h13H,3-10H2,1-2H3. The van der Waals surface area contributed by atoms with Crippen molar-refractivity contribution in [3.8, 4) is 0 Å². The fraction of sp³-hybridized carbons (Fsp3) is 0.909. The fourth-order valence-electron chi connectivity index (χ4n) is 1.56. The molecule has 1 aliphatic heterocycles. The molecule has 6 nitrogen and oxygen atoms in total. The minimum absolute atomic E-state index is 0.212. The fourth-order valence-corrected chi connectivity index (χ4v) is 3.86. The number of sulfonamides is 1. The van der Waals surface area contributed by atoms with Gasteiger partial charge in [-0.25, -0.2) is 13.1 Å². The van der Waals surface area contributed by atoms with Crippen molar-refractivity contribution < 1.29 is 8.42 Å². The molecule has 0 saturated carbocycles. The van der Waals surface area contributed by atoms with E-state index in [1.807, 2.05) is 5.12 Å². The van der Waals surface area contributed by atoms with Crippen molar-refractivity contribution in [1.82, 2.24) is 9.84 Å². The van der Waals surface area contributed by atoms with E-state index >= 15 is 0 Å². The first-order chi connectivity index (χ1) is 9.01. The summed E-state index contributed by atoms with van der Waals surface area (Å²) >= 11 is -0.212. The minimum atomic E-state index is -3.04. The van der Waals surface area contributed by atoms with E-state index in [0.717, 1.165) is 32.2 Å². The zero-order valence-electron chi connectivity index (χ0n) is 11.6. The van der Waals surface area contributed by atoms with Crippen molar-refractivity contribution in [1.29, 1.82) is 0 Å². The Kier molecular flexibility index (Phi) is 8.00. The van der Waals surface area contributed by atoms with Crippen molar-refractivity contribution in [3.63, 3.8) is 0 Å². The third kappa shape index (κ3) is 8.64. The van der Waals surface area contributed by atoms with E-state index in [4.69, 9.17) is 0 Å². The molecule has 0 unspecified atom stereocenters. The van der Waals surface area contributed by atoms with Crippen molar-refractivity contribution in [2.45, 2.75) is 45.4 Å². The predicted octanol–water partition coefficient (Wildman–Crippen LogP) is 2.59. The number of hydrogen-bond acceptors (Lipinski definition) is 5. The van der Waals surface area contributed by atoms with E-state index in [0.29, 0.717) is 6.54 Å². The molecule has 0 amide bonds. The summed E-state index contributed by atoms with van der Waals surface area (Å²) in [6.45, 7) is 3.56. The van der Waals surface area contributed by atoms with Crippen LogP contribution in [0.15, 0.2) is 8.36 Å². The molecular formula is C11H23IN4O2S. The molecule has 0 saturated heterocycles. The third-order valence-corrected chi connectivity index (χ3v) is 5.34. The highest BCUT2D eigenvalue weighted by Gasteiger charge is 2.09. The first-order valence-electron chi connectivity index (χ1n) is 6.66. The maximum absolute atomic E-state index is 10.8. The highest BCUT2D eigenvalue weighted by Crippen LogP contribution is 2.21. The van der Waals surface area contributed by atoms with Crippen LogP contribution in [0.25, 0.3) is 0 Å². The summed E-state index contributed by atoms with van der Waals surface area (Å²) in [7, 11) is -3.04. The molecule has 0 spiro atoms. The summed E-state index contributed by atoms with van der Waals surface area (Å²) < 4.78 is 29.9. The second kappa shape index (κ2) is 8.96. The normalized spacial score (nSPS) is 15.5. The molecule has 1 heterocycles. The number of hydrogen-bond donors (Lipinski definition) is 1. The number of unbranched alkanes of at least 4 members (excludes halogenated alkanes) is 3. The molecule has 19 heavy (non-hydrogen) atoms. The minimum Gasteiger partial charge on any atom is -0.215 e. The molecule has 0 bridgehead atoms. The van der Waals surface area contributed by atoms with Crippen LogP contribution < -0.4 is 4.72 Å². The Morgan fingerprint density at radius 2 is 2.05 bits per heavy atom. The van der Waals surface area contributed by atoms with Gasteiger partial charge in [0.05, 0.1) is 33.8 Å². The monoisotopic (exact) mass is 402 g/mol. The van der Waals surface area contributed by atoms with Crippen LogP contribution in [0.4, 0.5) is 0 Å². The van der Waals surface area contributed by atoms with E-state index in [-0.39, 0.29) is 21.0 Å². The summed E-state index contributed by atoms with van der Waals surface area (Å²) in [6, 6.07) is 0. The van der Waals surface area contributed by atoms with Crippen molar-refractivity contribution in [3.05, 3.63) is 0 Å². The molecular weight excluding hydrogens is 379 g/mol. The smallest absolute Gasteiger partial charge is 0.208 e. The second-order valence-corrected chi connectivity index (χ2v) is 8.56. The first-order valence-corrected chi connectivity index (χ1v) is 10.6. The van der Waals surface area contributed by atoms with Gasteiger partial charge in [0.1, 0.15) is 3.72 Å². The van der Waals surface area contributed by atoms with Gasteiger partial charge in [0.25, 0.3) is 0 Å². The molecule has 0 aromatic carbocycles. The molecule has 1 aliphatic rings. The average Bonchev–Trinajstić information content (AvgIpc) is 2.77. The van der Waals surface area contributed by atoms with Gasteiger partial charge < -0.3 is 0 Å². The van der Waals surface area contributed by atoms with Crippen LogP contribution in [-0.4, -0.2) is 36.6 Å². The van der Waals surface area contributed by atoms with Gasteiger partial charge in [-0.1, -0.05) is 19.8 Å². The van der Waals surface area contributed by atoms with E-state index in [2.05, 4.69) is 20.0 Å². The Hall–Kier alpha value is -0.0900. The van der Waals surface area contributed by atoms with Crippen molar-refractivity contribution in [2.75, 3.05) is 19.3 Å². The SMILES string of the molecule is CCCCC1=NN(CCCCCNS(C)(=O)=O)N=I1. The maximum atomic E-state index is 10.8. The van der Waals surface area contributed by atoms with E-state index in [1.165, 1.54) is 22.8 Å². The van der Waals surface area contributed by atoms with Crippen LogP contribution in [0.3, 0.4) is 0 Å². The lowest BCUT2D eigenvalue weighted by Crippen LogP contribution is -2.23. The Bertz CT molecular complexity index is 422. The van der Waals surface area contributed by atoms with Crippen molar-refractivity contribution >= 4 is 34.8 Å². The van der Waals surface area contributed by atoms with Crippen LogP contribution >= 0.6 is 21.0 Å². The third-order valence-electron chi connectivity index (χ3n) is 2.58. The highest BCUT2D eigenvalue weighted by atomic mass is 127. The molecule has 8 heteroatoms. The van der Waals surface area contributed by atoms with Crippen LogP contribution in [0.5, 0.6) is 0 Å². The van der Waals surface area contributed by atoms with Gasteiger partial charge in [0.2, 0.25) is 10.0 Å². The van der Waals surface area contributed by atoms with Gasteiger partial charge in [-0.15, -0.1) is 3.25 Å². The predicted molar refractivity (Wildman–Crippen MR) is 86.8 cm³/mol. The average molecular weight is 402 g/mol. The van der Waals surface area contributed by atoms with Gasteiger partial charge in [0, 0.05) is 6.54 Å². The van der Waals surface area contributed by atoms with E-state index in [9.17, 15) is 8.42 Å². The topological polar surface area (TPSA) is 74.1 Å². The van der Waals surface area contributed by atoms with Gasteiger partial charge in [-0.2, -0.15) is 10.2 Å². The quantitative estimate of drug-likeness (QED) is 0.451. The molecule has 112 valence electrons. The van der Waals surface area contributed by atoms with Gasteiger partial charge in [0.15, 0.2) is 0 Å². The van der Waals surface area contributed by atoms with E-state index in [1.54, 1.807) is 0 Å². The molecule has 1 rings (SSSR count). The Morgan fingerprint density at radius 1 is 1.26 bits per heavy atom. The van der Waals surface area contributed by atoms with Crippen LogP contribution in [0, 0.1) is 0 Å². The lowest BCUT2D eigenvalue weighted by molar-refractivity contribution is 0.309. The van der Waals surface area contributed by atoms with Gasteiger partial charge >= 0.3 is 0 Å². The Labute approximate surface area is 126 Å². The zero-order valence-corrected chi connectivity index (χ0v) is 14.6. The van der Waals surface area contributed by atoms with Gasteiger partial charge in [-0.05, 0) is 25.7 Å². The summed E-state index contributed by atoms with van der Waals surface area (Å²) in [5, 5.41) is 6.34. The summed E-state index contributed by atoms with van der Waals surface area (Å²) in [5.74, 6) is 0. The van der Waals surface area contributed by atoms with Crippen LogP contribution in [0.2, 0.25) is 0 Å². The van der Waals surface area contributed by atoms with Crippen LogP contribution in [0.1, 0.15) is 45.4 Å². The van der Waals surface area contributed by atoms with Gasteiger partial charge in [-0.3, -0.25) is 0 Å². The number of hydrazone groups is 1. The largest absolute Gasteiger partial charge is 0.215 e.